The molecule has 0 aromatic heterocycles. The van der Waals surface area contributed by atoms with Crippen LogP contribution < -0.4 is 9.47 Å². The second kappa shape index (κ2) is 12.5. The van der Waals surface area contributed by atoms with E-state index in [0.717, 1.165) is 22.9 Å². The minimum atomic E-state index is -1.26. The molecule has 0 aliphatic rings. The lowest BCUT2D eigenvalue weighted by molar-refractivity contribution is -0.134. The van der Waals surface area contributed by atoms with Gasteiger partial charge < -0.3 is 24.6 Å². The third-order valence-corrected chi connectivity index (χ3v) is 4.58. The highest BCUT2D eigenvalue weighted by Gasteiger charge is 2.10. The van der Waals surface area contributed by atoms with Crippen molar-refractivity contribution in [2.45, 2.75) is 16.3 Å². The molecule has 0 saturated carbocycles. The first-order chi connectivity index (χ1) is 13.8. The van der Waals surface area contributed by atoms with E-state index in [2.05, 4.69) is 43.3 Å². The molecule has 8 heteroatoms. The zero-order valence-electron chi connectivity index (χ0n) is 16.8. The van der Waals surface area contributed by atoms with E-state index in [1.54, 1.807) is 26.0 Å². The first kappa shape index (κ1) is 24.1. The van der Waals surface area contributed by atoms with Gasteiger partial charge in [-0.2, -0.15) is 0 Å². The van der Waals surface area contributed by atoms with Crippen LogP contribution in [-0.4, -0.2) is 55.4 Å². The summed E-state index contributed by atoms with van der Waals surface area (Å²) in [5, 5.41) is 15.6. The Bertz CT molecular complexity index is 835. The average molecular weight is 419 g/mol. The van der Waals surface area contributed by atoms with Crippen molar-refractivity contribution < 1.29 is 29.3 Å². The number of hydrogen-bond acceptors (Lipinski definition) is 6. The first-order valence-electron chi connectivity index (χ1n) is 8.53. The van der Waals surface area contributed by atoms with E-state index in [9.17, 15) is 9.59 Å². The normalized spacial score (nSPS) is 10.4. The number of carboxylic acid groups (broad SMARTS) is 2. The van der Waals surface area contributed by atoms with Gasteiger partial charge in [-0.1, -0.05) is 30.0 Å². The van der Waals surface area contributed by atoms with E-state index >= 15 is 0 Å². The monoisotopic (exact) mass is 419 g/mol. The molecule has 156 valence electrons. The van der Waals surface area contributed by atoms with Gasteiger partial charge in [-0.25, -0.2) is 9.59 Å². The Labute approximate surface area is 174 Å². The van der Waals surface area contributed by atoms with Crippen molar-refractivity contribution >= 4 is 23.7 Å². The molecule has 0 amide bonds. The van der Waals surface area contributed by atoms with E-state index in [1.807, 2.05) is 18.2 Å². The molecule has 0 bridgehead atoms. The maximum Gasteiger partial charge on any atom is 0.328 e. The fraction of sp³-hybridized carbons (Fsp3) is 0.238. The van der Waals surface area contributed by atoms with Crippen molar-refractivity contribution in [2.24, 2.45) is 0 Å². The Kier molecular flexibility index (Phi) is 10.4. The Hall–Kier alpha value is -2.97. The molecule has 29 heavy (non-hydrogen) atoms. The molecule has 2 rings (SSSR count). The van der Waals surface area contributed by atoms with Crippen molar-refractivity contribution in [1.82, 2.24) is 4.90 Å². The summed E-state index contributed by atoms with van der Waals surface area (Å²) < 4.78 is 10.8. The fourth-order valence-corrected chi connectivity index (χ4v) is 3.27. The number of ether oxygens (including phenoxy) is 2. The highest BCUT2D eigenvalue weighted by molar-refractivity contribution is 7.99. The van der Waals surface area contributed by atoms with Crippen LogP contribution in [0.1, 0.15) is 5.56 Å². The van der Waals surface area contributed by atoms with Crippen molar-refractivity contribution in [2.75, 3.05) is 28.3 Å². The molecule has 0 heterocycles. The topological polar surface area (TPSA) is 96.3 Å². The molecule has 0 unspecified atom stereocenters. The van der Waals surface area contributed by atoms with Gasteiger partial charge in [0.2, 0.25) is 0 Å². The second-order valence-corrected chi connectivity index (χ2v) is 7.06. The molecule has 7 nitrogen and oxygen atoms in total. The molecule has 2 aromatic rings. The number of nitrogens with zero attached hydrogens (tertiary/aromatic N) is 1. The molecule has 0 aliphatic heterocycles. The van der Waals surface area contributed by atoms with Crippen molar-refractivity contribution in [1.29, 1.82) is 0 Å². The maximum atomic E-state index is 9.55. The molecule has 2 aromatic carbocycles. The Morgan fingerprint density at radius 2 is 1.59 bits per heavy atom. The SMILES string of the molecule is COc1ccc(OC)c(Sc2ccccc2CN(C)C)c1.O=C(O)C=CC(=O)O. The summed E-state index contributed by atoms with van der Waals surface area (Å²) in [6, 6.07) is 14.3. The van der Waals surface area contributed by atoms with Gasteiger partial charge in [0.25, 0.3) is 0 Å². The van der Waals surface area contributed by atoms with Crippen molar-refractivity contribution in [3.05, 3.63) is 60.2 Å². The van der Waals surface area contributed by atoms with Gasteiger partial charge in [0.05, 0.1) is 19.1 Å². The third-order valence-electron chi connectivity index (χ3n) is 3.42. The molecular weight excluding hydrogens is 394 g/mol. The van der Waals surface area contributed by atoms with Crippen LogP contribution in [0.15, 0.2) is 64.4 Å². The Morgan fingerprint density at radius 3 is 2.10 bits per heavy atom. The van der Waals surface area contributed by atoms with Gasteiger partial charge in [0, 0.05) is 23.6 Å². The number of hydrogen-bond donors (Lipinski definition) is 2. The van der Waals surface area contributed by atoms with Crippen LogP contribution >= 0.6 is 11.8 Å². The van der Waals surface area contributed by atoms with E-state index in [1.165, 1.54) is 10.5 Å². The Balaban J connectivity index is 0.000000447. The summed E-state index contributed by atoms with van der Waals surface area (Å²) in [6.45, 7) is 0.912. The lowest BCUT2D eigenvalue weighted by Crippen LogP contribution is -2.11. The summed E-state index contributed by atoms with van der Waals surface area (Å²) in [5.41, 5.74) is 1.30. The van der Waals surface area contributed by atoms with Crippen LogP contribution in [0, 0.1) is 0 Å². The standard InChI is InChI=1S/C17H21NO2S.C4H4O4/c1-18(2)12-13-7-5-6-8-16(13)21-17-11-14(19-3)9-10-15(17)20-4;5-3(6)1-2-4(7)8/h5-11H,12H2,1-4H3;1-2H,(H,5,6)(H,7,8). The molecule has 0 aliphatic carbocycles. The van der Waals surface area contributed by atoms with Crippen LogP contribution in [0.2, 0.25) is 0 Å². The molecule has 0 atom stereocenters. The van der Waals surface area contributed by atoms with Gasteiger partial charge in [-0.3, -0.25) is 0 Å². The molecule has 0 spiro atoms. The van der Waals surface area contributed by atoms with Crippen LogP contribution in [0.25, 0.3) is 0 Å². The number of rotatable bonds is 8. The van der Waals surface area contributed by atoms with E-state index in [-0.39, 0.29) is 0 Å². The number of methoxy groups -OCH3 is 2. The average Bonchev–Trinajstić information content (AvgIpc) is 2.68. The number of benzene rings is 2. The van der Waals surface area contributed by atoms with E-state index in [0.29, 0.717) is 12.2 Å². The number of carboxylic acids is 2. The quantitative estimate of drug-likeness (QED) is 0.626. The van der Waals surface area contributed by atoms with E-state index < -0.39 is 11.9 Å². The van der Waals surface area contributed by atoms with Crippen LogP contribution in [-0.2, 0) is 16.1 Å². The molecular formula is C21H25NO6S. The predicted octanol–water partition coefficient (Wildman–Crippen LogP) is 3.63. The summed E-state index contributed by atoms with van der Waals surface area (Å²) in [7, 11) is 7.52. The highest BCUT2D eigenvalue weighted by Crippen LogP contribution is 2.38. The molecule has 2 N–H and O–H groups in total. The van der Waals surface area contributed by atoms with Gasteiger partial charge in [-0.05, 0) is 43.9 Å². The maximum absolute atomic E-state index is 9.55. The van der Waals surface area contributed by atoms with Gasteiger partial charge in [0.1, 0.15) is 11.5 Å². The predicted molar refractivity (Wildman–Crippen MR) is 112 cm³/mol. The zero-order chi connectivity index (χ0) is 21.8. The first-order valence-corrected chi connectivity index (χ1v) is 9.35. The zero-order valence-corrected chi connectivity index (χ0v) is 17.6. The van der Waals surface area contributed by atoms with Crippen molar-refractivity contribution in [3.63, 3.8) is 0 Å². The summed E-state index contributed by atoms with van der Waals surface area (Å²) in [4.78, 5) is 23.6. The van der Waals surface area contributed by atoms with Crippen LogP contribution in [0.4, 0.5) is 0 Å². The number of aliphatic carboxylic acids is 2. The van der Waals surface area contributed by atoms with Crippen LogP contribution in [0.3, 0.4) is 0 Å². The highest BCUT2D eigenvalue weighted by atomic mass is 32.2. The van der Waals surface area contributed by atoms with Gasteiger partial charge in [0.15, 0.2) is 0 Å². The van der Waals surface area contributed by atoms with E-state index in [4.69, 9.17) is 19.7 Å². The van der Waals surface area contributed by atoms with Gasteiger partial charge in [-0.15, -0.1) is 0 Å². The fourth-order valence-electron chi connectivity index (χ4n) is 2.20. The largest absolute Gasteiger partial charge is 0.497 e. The molecule has 0 saturated heterocycles. The minimum absolute atomic E-state index is 0.558. The Morgan fingerprint density at radius 1 is 0.966 bits per heavy atom. The molecule has 0 radical (unpaired) electrons. The lowest BCUT2D eigenvalue weighted by atomic mass is 10.2. The number of carbonyl (C=O) groups is 2. The summed E-state index contributed by atoms with van der Waals surface area (Å²) in [5.74, 6) is -0.816. The van der Waals surface area contributed by atoms with Crippen molar-refractivity contribution in [3.8, 4) is 11.5 Å². The van der Waals surface area contributed by atoms with Crippen LogP contribution in [0.5, 0.6) is 11.5 Å². The molecule has 0 fully saturated rings. The summed E-state index contributed by atoms with van der Waals surface area (Å²) >= 11 is 1.71. The van der Waals surface area contributed by atoms with Gasteiger partial charge >= 0.3 is 11.9 Å². The minimum Gasteiger partial charge on any atom is -0.497 e. The lowest BCUT2D eigenvalue weighted by Gasteiger charge is -2.15. The summed E-state index contributed by atoms with van der Waals surface area (Å²) in [6.07, 6.45) is 1.12. The second-order valence-electron chi connectivity index (χ2n) is 5.97. The smallest absolute Gasteiger partial charge is 0.328 e. The third kappa shape index (κ3) is 9.18.